The summed E-state index contributed by atoms with van der Waals surface area (Å²) in [6.07, 6.45) is 9.54. The van der Waals surface area contributed by atoms with Gasteiger partial charge in [0.15, 0.2) is 0 Å². The van der Waals surface area contributed by atoms with Crippen LogP contribution in [0.25, 0.3) is 0 Å². The number of carbonyl (C=O) groups excluding carboxylic acids is 1. The van der Waals surface area contributed by atoms with Crippen LogP contribution < -0.4 is 10.6 Å². The lowest BCUT2D eigenvalue weighted by atomic mass is 9.94. The maximum absolute atomic E-state index is 12.1. The van der Waals surface area contributed by atoms with Gasteiger partial charge in [-0.3, -0.25) is 0 Å². The van der Waals surface area contributed by atoms with Gasteiger partial charge in [0, 0.05) is 10.9 Å². The van der Waals surface area contributed by atoms with Crippen molar-refractivity contribution < 1.29 is 4.79 Å². The number of aryl methyl sites for hydroxylation is 1. The van der Waals surface area contributed by atoms with Gasteiger partial charge in [0.1, 0.15) is 0 Å². The molecule has 0 radical (unpaired) electrons. The first-order valence-corrected chi connectivity index (χ1v) is 8.34. The lowest BCUT2D eigenvalue weighted by molar-refractivity contribution is 0.227. The van der Waals surface area contributed by atoms with Crippen LogP contribution in [-0.2, 0) is 6.42 Å². The minimum absolute atomic E-state index is 0.0240. The van der Waals surface area contributed by atoms with Crippen LogP contribution in [0, 0.1) is 0 Å². The van der Waals surface area contributed by atoms with Crippen LogP contribution >= 0.6 is 11.3 Å². The molecule has 2 amide bonds. The fourth-order valence-electron chi connectivity index (χ4n) is 3.27. The first kappa shape index (κ1) is 13.0. The molecule has 2 aliphatic rings. The van der Waals surface area contributed by atoms with Gasteiger partial charge in [0.25, 0.3) is 0 Å². The van der Waals surface area contributed by atoms with Crippen molar-refractivity contribution in [3.63, 3.8) is 0 Å². The first-order chi connectivity index (χ1) is 9.33. The highest BCUT2D eigenvalue weighted by atomic mass is 32.1. The molecule has 1 aromatic rings. The van der Waals surface area contributed by atoms with E-state index in [2.05, 4.69) is 22.1 Å². The van der Waals surface area contributed by atoms with E-state index in [1.165, 1.54) is 42.5 Å². The van der Waals surface area contributed by atoms with Crippen molar-refractivity contribution in [2.45, 2.75) is 63.5 Å². The maximum atomic E-state index is 12.1. The highest BCUT2D eigenvalue weighted by Crippen LogP contribution is 2.33. The van der Waals surface area contributed by atoms with Crippen LogP contribution in [0.1, 0.15) is 61.4 Å². The van der Waals surface area contributed by atoms with Crippen LogP contribution in [-0.4, -0.2) is 12.1 Å². The van der Waals surface area contributed by atoms with Gasteiger partial charge in [-0.05, 0) is 49.1 Å². The van der Waals surface area contributed by atoms with E-state index in [9.17, 15) is 4.79 Å². The summed E-state index contributed by atoms with van der Waals surface area (Å²) in [5.41, 5.74) is 1.34. The highest BCUT2D eigenvalue weighted by molar-refractivity contribution is 7.10. The van der Waals surface area contributed by atoms with E-state index in [4.69, 9.17) is 0 Å². The van der Waals surface area contributed by atoms with Crippen molar-refractivity contribution >= 4 is 17.4 Å². The molecule has 3 nitrogen and oxygen atoms in total. The first-order valence-electron chi connectivity index (χ1n) is 7.46. The average Bonchev–Trinajstić information content (AvgIpc) is 2.89. The fourth-order valence-corrected chi connectivity index (χ4v) is 4.26. The van der Waals surface area contributed by atoms with Gasteiger partial charge < -0.3 is 10.6 Å². The molecular weight excluding hydrogens is 256 g/mol. The smallest absolute Gasteiger partial charge is 0.315 e. The largest absolute Gasteiger partial charge is 0.335 e. The van der Waals surface area contributed by atoms with Crippen molar-refractivity contribution in [1.82, 2.24) is 10.6 Å². The molecule has 1 aromatic heterocycles. The Hall–Kier alpha value is -1.03. The number of thiophene rings is 1. The van der Waals surface area contributed by atoms with Crippen LogP contribution in [0.2, 0.25) is 0 Å². The van der Waals surface area contributed by atoms with Gasteiger partial charge >= 0.3 is 6.03 Å². The molecular formula is C15H22N2OS. The Morgan fingerprint density at radius 1 is 1.11 bits per heavy atom. The predicted octanol–water partition coefficient (Wildman–Crippen LogP) is 3.76. The van der Waals surface area contributed by atoms with Crippen LogP contribution in [0.5, 0.6) is 0 Å². The predicted molar refractivity (Wildman–Crippen MR) is 78.5 cm³/mol. The Bertz CT molecular complexity index is 437. The Balaban J connectivity index is 1.55. The van der Waals surface area contributed by atoms with E-state index in [0.717, 1.165) is 19.3 Å². The molecule has 1 atom stereocenters. The van der Waals surface area contributed by atoms with E-state index in [0.29, 0.717) is 6.04 Å². The molecule has 0 saturated heterocycles. The number of amides is 2. The van der Waals surface area contributed by atoms with Crippen LogP contribution in [0.3, 0.4) is 0 Å². The van der Waals surface area contributed by atoms with Crippen molar-refractivity contribution in [2.24, 2.45) is 0 Å². The molecule has 2 N–H and O–H groups in total. The molecule has 1 unspecified atom stereocenters. The molecule has 0 spiro atoms. The summed E-state index contributed by atoms with van der Waals surface area (Å²) in [6, 6.07) is 2.80. The number of rotatable bonds is 2. The second-order valence-corrected chi connectivity index (χ2v) is 6.70. The Kier molecular flexibility index (Phi) is 4.06. The van der Waals surface area contributed by atoms with E-state index >= 15 is 0 Å². The molecule has 4 heteroatoms. The summed E-state index contributed by atoms with van der Waals surface area (Å²) in [6.45, 7) is 0. The summed E-state index contributed by atoms with van der Waals surface area (Å²) < 4.78 is 0. The number of nitrogens with one attached hydrogen (secondary N) is 2. The van der Waals surface area contributed by atoms with Gasteiger partial charge in [0.05, 0.1) is 6.04 Å². The Morgan fingerprint density at radius 2 is 1.95 bits per heavy atom. The number of hydrogen-bond acceptors (Lipinski definition) is 2. The van der Waals surface area contributed by atoms with E-state index in [1.54, 1.807) is 0 Å². The van der Waals surface area contributed by atoms with Crippen molar-refractivity contribution in [3.8, 4) is 0 Å². The van der Waals surface area contributed by atoms with E-state index < -0.39 is 0 Å². The lowest BCUT2D eigenvalue weighted by Crippen LogP contribution is -2.44. The van der Waals surface area contributed by atoms with Crippen molar-refractivity contribution in [3.05, 3.63) is 21.9 Å². The van der Waals surface area contributed by atoms with Crippen LogP contribution in [0.15, 0.2) is 11.4 Å². The number of hydrogen-bond donors (Lipinski definition) is 2. The summed E-state index contributed by atoms with van der Waals surface area (Å²) in [5, 5.41) is 8.45. The standard InChI is InChI=1S/C15H22N2OS/c18-15(16-11-5-2-1-3-6-11)17-13-7-4-8-14-12(13)9-10-19-14/h9-11,13H,1-8H2,(H2,16,17,18). The molecule has 0 aliphatic heterocycles. The van der Waals surface area contributed by atoms with Gasteiger partial charge in [-0.1, -0.05) is 19.3 Å². The topological polar surface area (TPSA) is 41.1 Å². The second kappa shape index (κ2) is 5.95. The van der Waals surface area contributed by atoms with Crippen molar-refractivity contribution in [2.75, 3.05) is 0 Å². The maximum Gasteiger partial charge on any atom is 0.315 e. The molecule has 1 fully saturated rings. The number of carbonyl (C=O) groups is 1. The molecule has 104 valence electrons. The minimum atomic E-state index is 0.0240. The Labute approximate surface area is 118 Å². The zero-order chi connectivity index (χ0) is 13.1. The highest BCUT2D eigenvalue weighted by Gasteiger charge is 2.23. The molecule has 0 bridgehead atoms. The van der Waals surface area contributed by atoms with Crippen LogP contribution in [0.4, 0.5) is 4.79 Å². The number of fused-ring (bicyclic) bond motifs is 1. The summed E-state index contributed by atoms with van der Waals surface area (Å²) in [4.78, 5) is 13.5. The SMILES string of the molecule is O=C(NC1CCCCC1)NC1CCCc2sccc21. The van der Waals surface area contributed by atoms with E-state index in [-0.39, 0.29) is 12.1 Å². The lowest BCUT2D eigenvalue weighted by Gasteiger charge is -2.27. The van der Waals surface area contributed by atoms with Gasteiger partial charge in [0.2, 0.25) is 0 Å². The molecule has 1 heterocycles. The number of urea groups is 1. The van der Waals surface area contributed by atoms with Gasteiger partial charge in [-0.25, -0.2) is 4.79 Å². The van der Waals surface area contributed by atoms with E-state index in [1.807, 2.05) is 11.3 Å². The third-order valence-electron chi connectivity index (χ3n) is 4.30. The Morgan fingerprint density at radius 3 is 2.79 bits per heavy atom. The summed E-state index contributed by atoms with van der Waals surface area (Å²) in [7, 11) is 0. The zero-order valence-electron chi connectivity index (χ0n) is 11.3. The zero-order valence-corrected chi connectivity index (χ0v) is 12.1. The minimum Gasteiger partial charge on any atom is -0.335 e. The van der Waals surface area contributed by atoms with Crippen molar-refractivity contribution in [1.29, 1.82) is 0 Å². The van der Waals surface area contributed by atoms with Gasteiger partial charge in [-0.2, -0.15) is 0 Å². The summed E-state index contributed by atoms with van der Waals surface area (Å²) >= 11 is 1.82. The quantitative estimate of drug-likeness (QED) is 0.849. The third-order valence-corrected chi connectivity index (χ3v) is 5.29. The second-order valence-electron chi connectivity index (χ2n) is 5.70. The summed E-state index contributed by atoms with van der Waals surface area (Å²) in [5.74, 6) is 0. The third kappa shape index (κ3) is 3.11. The monoisotopic (exact) mass is 278 g/mol. The van der Waals surface area contributed by atoms with Gasteiger partial charge in [-0.15, -0.1) is 11.3 Å². The molecule has 3 rings (SSSR count). The fraction of sp³-hybridized carbons (Fsp3) is 0.667. The molecule has 0 aromatic carbocycles. The molecule has 2 aliphatic carbocycles. The normalized spacial score (nSPS) is 23.7. The molecule has 19 heavy (non-hydrogen) atoms. The average molecular weight is 278 g/mol. The molecule has 1 saturated carbocycles.